The molecule has 0 spiro atoms. The number of primary amides is 1. The lowest BCUT2D eigenvalue weighted by Gasteiger charge is -2.30. The third-order valence-electron chi connectivity index (χ3n) is 6.03. The van der Waals surface area contributed by atoms with E-state index < -0.39 is 41.3 Å². The largest absolute Gasteiger partial charge is 0.460 e. The van der Waals surface area contributed by atoms with E-state index in [0.717, 1.165) is 11.1 Å². The number of benzene rings is 1. The van der Waals surface area contributed by atoms with Crippen LogP contribution < -0.4 is 11.5 Å². The van der Waals surface area contributed by atoms with Gasteiger partial charge in [0.2, 0.25) is 5.91 Å². The van der Waals surface area contributed by atoms with Gasteiger partial charge in [0.1, 0.15) is 23.3 Å². The zero-order valence-electron chi connectivity index (χ0n) is 20.4. The molecule has 2 amide bonds. The topological polar surface area (TPSA) is 129 Å². The number of aryl methyl sites for hydroxylation is 1. The van der Waals surface area contributed by atoms with Gasteiger partial charge >= 0.3 is 5.97 Å². The van der Waals surface area contributed by atoms with Crippen LogP contribution in [0.4, 0.5) is 10.2 Å². The van der Waals surface area contributed by atoms with Crippen molar-refractivity contribution in [1.82, 2.24) is 9.88 Å². The highest BCUT2D eigenvalue weighted by atomic mass is 19.1. The number of nitrogen functional groups attached to an aromatic ring is 1. The average molecular weight is 471 g/mol. The maximum absolute atomic E-state index is 15.7. The normalized spacial score (nSPS) is 16.4. The first kappa shape index (κ1) is 25.1. The summed E-state index contributed by atoms with van der Waals surface area (Å²) in [5.41, 5.74) is 13.4. The summed E-state index contributed by atoms with van der Waals surface area (Å²) in [6, 6.07) is 2.87. The minimum absolute atomic E-state index is 0.0297. The number of pyridine rings is 1. The first-order valence-corrected chi connectivity index (χ1v) is 11.1. The molecule has 8 nitrogen and oxygen atoms in total. The Balaban J connectivity index is 1.94. The maximum Gasteiger partial charge on any atom is 0.306 e. The molecule has 1 aromatic carbocycles. The Morgan fingerprint density at radius 2 is 1.85 bits per heavy atom. The molecule has 1 aromatic heterocycles. The predicted molar refractivity (Wildman–Crippen MR) is 126 cm³/mol. The van der Waals surface area contributed by atoms with Crippen molar-refractivity contribution < 1.29 is 23.5 Å². The van der Waals surface area contributed by atoms with Crippen LogP contribution in [-0.2, 0) is 14.3 Å². The van der Waals surface area contributed by atoms with Crippen LogP contribution in [0.3, 0.4) is 0 Å². The van der Waals surface area contributed by atoms with Crippen molar-refractivity contribution >= 4 is 23.6 Å². The molecule has 0 radical (unpaired) electrons. The van der Waals surface area contributed by atoms with Gasteiger partial charge in [-0.1, -0.05) is 0 Å². The summed E-state index contributed by atoms with van der Waals surface area (Å²) in [7, 11) is 0. The van der Waals surface area contributed by atoms with E-state index in [2.05, 4.69) is 4.98 Å². The Labute approximate surface area is 198 Å². The van der Waals surface area contributed by atoms with Crippen molar-refractivity contribution in [2.45, 2.75) is 72.1 Å². The van der Waals surface area contributed by atoms with Crippen LogP contribution in [-0.4, -0.2) is 39.3 Å². The van der Waals surface area contributed by atoms with E-state index in [1.807, 2.05) is 13.8 Å². The Morgan fingerprint density at radius 3 is 2.41 bits per heavy atom. The van der Waals surface area contributed by atoms with Gasteiger partial charge in [-0.15, -0.1) is 0 Å². The molecule has 34 heavy (non-hydrogen) atoms. The fraction of sp³-hybridized carbons (Fsp3) is 0.440. The minimum Gasteiger partial charge on any atom is -0.460 e. The number of carbonyl (C=O) groups excluding carboxylic acids is 3. The number of anilines is 1. The van der Waals surface area contributed by atoms with Crippen molar-refractivity contribution in [2.24, 2.45) is 5.73 Å². The molecule has 0 saturated carbocycles. The number of carbonyl (C=O) groups is 3. The van der Waals surface area contributed by atoms with Gasteiger partial charge in [-0.2, -0.15) is 0 Å². The summed E-state index contributed by atoms with van der Waals surface area (Å²) >= 11 is 0. The van der Waals surface area contributed by atoms with Gasteiger partial charge in [-0.05, 0) is 77.3 Å². The van der Waals surface area contributed by atoms with Gasteiger partial charge in [-0.25, -0.2) is 9.37 Å². The Hall–Kier alpha value is -3.49. The molecule has 0 saturated heterocycles. The standard InChI is InChI=1S/C25H31FN4O4/c1-12-11-17(29-22(27)13(12)2)15-7-8-16-20(21(15)26)14(3)30(24(16)33)18(23(28)32)9-10-19(31)34-25(4,5)6/h7-8,11,14,18H,9-10H2,1-6H3,(H2,27,29)(H2,28,32)/t14?,18-/m0/s1. The second-order valence-electron chi connectivity index (χ2n) is 9.65. The van der Waals surface area contributed by atoms with Gasteiger partial charge in [0.25, 0.3) is 5.91 Å². The van der Waals surface area contributed by atoms with Crippen molar-refractivity contribution in [3.05, 3.63) is 46.3 Å². The number of amides is 2. The summed E-state index contributed by atoms with van der Waals surface area (Å²) in [6.45, 7) is 10.5. The number of nitrogens with zero attached hydrogens (tertiary/aromatic N) is 2. The molecule has 0 fully saturated rings. The molecule has 2 aromatic rings. The van der Waals surface area contributed by atoms with Gasteiger partial charge in [-0.3, -0.25) is 14.4 Å². The zero-order chi connectivity index (χ0) is 25.5. The van der Waals surface area contributed by atoms with Crippen molar-refractivity contribution in [3.63, 3.8) is 0 Å². The number of aromatic nitrogens is 1. The monoisotopic (exact) mass is 470 g/mol. The van der Waals surface area contributed by atoms with E-state index >= 15 is 4.39 Å². The van der Waals surface area contributed by atoms with Gasteiger partial charge in [0.05, 0.1) is 11.7 Å². The highest BCUT2D eigenvalue weighted by Gasteiger charge is 2.43. The first-order chi connectivity index (χ1) is 15.7. The lowest BCUT2D eigenvalue weighted by atomic mass is 9.98. The number of esters is 1. The van der Waals surface area contributed by atoms with E-state index in [9.17, 15) is 14.4 Å². The van der Waals surface area contributed by atoms with Crippen LogP contribution in [0.2, 0.25) is 0 Å². The molecule has 0 aliphatic carbocycles. The second-order valence-corrected chi connectivity index (χ2v) is 9.65. The Morgan fingerprint density at radius 1 is 1.24 bits per heavy atom. The highest BCUT2D eigenvalue weighted by Crippen LogP contribution is 2.40. The molecule has 182 valence electrons. The molecule has 9 heteroatoms. The summed E-state index contributed by atoms with van der Waals surface area (Å²) < 4.78 is 21.0. The van der Waals surface area contributed by atoms with E-state index in [1.54, 1.807) is 33.8 Å². The summed E-state index contributed by atoms with van der Waals surface area (Å²) in [5.74, 6) is -2.11. The second kappa shape index (κ2) is 9.04. The predicted octanol–water partition coefficient (Wildman–Crippen LogP) is 3.58. The molecule has 4 N–H and O–H groups in total. The lowest BCUT2D eigenvalue weighted by molar-refractivity contribution is -0.155. The fourth-order valence-corrected chi connectivity index (χ4v) is 4.22. The number of nitrogens with two attached hydrogens (primary N) is 2. The number of halogens is 1. The fourth-order valence-electron chi connectivity index (χ4n) is 4.22. The number of hydrogen-bond donors (Lipinski definition) is 2. The molecule has 2 atom stereocenters. The molecule has 0 bridgehead atoms. The molecule has 1 aliphatic heterocycles. The number of fused-ring (bicyclic) bond motifs is 1. The summed E-state index contributed by atoms with van der Waals surface area (Å²) in [5, 5.41) is 0. The molecule has 1 aliphatic rings. The van der Waals surface area contributed by atoms with Crippen molar-refractivity contribution in [2.75, 3.05) is 5.73 Å². The van der Waals surface area contributed by atoms with E-state index in [0.29, 0.717) is 11.5 Å². The van der Waals surface area contributed by atoms with E-state index in [4.69, 9.17) is 16.2 Å². The highest BCUT2D eigenvalue weighted by molar-refractivity contribution is 6.02. The molecule has 1 unspecified atom stereocenters. The van der Waals surface area contributed by atoms with Gasteiger partial charge in [0, 0.05) is 23.1 Å². The number of hydrogen-bond acceptors (Lipinski definition) is 6. The van der Waals surface area contributed by atoms with Crippen LogP contribution >= 0.6 is 0 Å². The molecular formula is C25H31FN4O4. The minimum atomic E-state index is -1.10. The summed E-state index contributed by atoms with van der Waals surface area (Å²) in [6.07, 6.45) is -0.144. The van der Waals surface area contributed by atoms with Gasteiger partial charge in [0.15, 0.2) is 0 Å². The molecule has 2 heterocycles. The lowest BCUT2D eigenvalue weighted by Crippen LogP contribution is -2.46. The molecular weight excluding hydrogens is 439 g/mol. The quantitative estimate of drug-likeness (QED) is 0.621. The van der Waals surface area contributed by atoms with E-state index in [1.165, 1.54) is 17.0 Å². The third kappa shape index (κ3) is 4.73. The van der Waals surface area contributed by atoms with Crippen LogP contribution in [0.25, 0.3) is 11.3 Å². The SMILES string of the molecule is Cc1cc(-c2ccc3c(c2F)C(C)N([C@@H](CCC(=O)OC(C)(C)C)C(N)=O)C3=O)nc(N)c1C. The Kier molecular flexibility index (Phi) is 6.68. The van der Waals surface area contributed by atoms with Crippen LogP contribution in [0.5, 0.6) is 0 Å². The van der Waals surface area contributed by atoms with Crippen LogP contribution in [0.1, 0.15) is 73.6 Å². The number of ether oxygens (including phenoxy) is 1. The Bertz CT molecular complexity index is 1150. The maximum atomic E-state index is 15.7. The zero-order valence-corrected chi connectivity index (χ0v) is 20.4. The van der Waals surface area contributed by atoms with Crippen LogP contribution in [0, 0.1) is 19.7 Å². The van der Waals surface area contributed by atoms with E-state index in [-0.39, 0.29) is 29.5 Å². The van der Waals surface area contributed by atoms with Crippen molar-refractivity contribution in [3.8, 4) is 11.3 Å². The third-order valence-corrected chi connectivity index (χ3v) is 6.03. The first-order valence-electron chi connectivity index (χ1n) is 11.1. The van der Waals surface area contributed by atoms with Crippen LogP contribution in [0.15, 0.2) is 18.2 Å². The molecule has 3 rings (SSSR count). The smallest absolute Gasteiger partial charge is 0.306 e. The van der Waals surface area contributed by atoms with Gasteiger partial charge < -0.3 is 21.1 Å². The summed E-state index contributed by atoms with van der Waals surface area (Å²) in [4.78, 5) is 43.2. The van der Waals surface area contributed by atoms with Crippen molar-refractivity contribution in [1.29, 1.82) is 0 Å². The number of rotatable bonds is 6. The average Bonchev–Trinajstić information content (AvgIpc) is 2.96.